The van der Waals surface area contributed by atoms with Gasteiger partial charge in [0.2, 0.25) is 5.91 Å². The Labute approximate surface area is 172 Å². The minimum Gasteiger partial charge on any atom is -0.486 e. The van der Waals surface area contributed by atoms with Gasteiger partial charge in [-0.3, -0.25) is 9.69 Å². The zero-order valence-electron chi connectivity index (χ0n) is 16.9. The number of ether oxygens (including phenoxy) is 2. The quantitative estimate of drug-likeness (QED) is 0.754. The number of rotatable bonds is 7. The fourth-order valence-electron chi connectivity index (χ4n) is 3.79. The Hall–Kier alpha value is -2.57. The molecule has 2 aliphatic rings. The highest BCUT2D eigenvalue weighted by molar-refractivity contribution is 5.94. The summed E-state index contributed by atoms with van der Waals surface area (Å²) in [6.07, 6.45) is 2.58. The van der Waals surface area contributed by atoms with Crippen LogP contribution in [-0.2, 0) is 17.9 Å². The smallest absolute Gasteiger partial charge is 0.241 e. The van der Waals surface area contributed by atoms with Gasteiger partial charge >= 0.3 is 0 Å². The molecule has 0 unspecified atom stereocenters. The van der Waals surface area contributed by atoms with E-state index in [4.69, 9.17) is 9.47 Å². The Morgan fingerprint density at radius 2 is 1.76 bits per heavy atom. The van der Waals surface area contributed by atoms with E-state index in [9.17, 15) is 4.79 Å². The highest BCUT2D eigenvalue weighted by Crippen LogP contribution is 2.32. The molecule has 2 heterocycles. The lowest BCUT2D eigenvalue weighted by Gasteiger charge is -2.20. The lowest BCUT2D eigenvalue weighted by Crippen LogP contribution is -2.38. The molecule has 0 bridgehead atoms. The molecular formula is C23H29N3O3. The molecule has 2 N–H and O–H groups in total. The molecule has 2 aliphatic heterocycles. The molecule has 0 aliphatic carbocycles. The van der Waals surface area contributed by atoms with E-state index in [2.05, 4.69) is 39.8 Å². The number of fused-ring (bicyclic) bond motifs is 1. The first-order valence-electron chi connectivity index (χ1n) is 10.4. The predicted molar refractivity (Wildman–Crippen MR) is 113 cm³/mol. The molecule has 6 heteroatoms. The first-order chi connectivity index (χ1) is 14.2. The number of benzene rings is 2. The first kappa shape index (κ1) is 19.7. The molecule has 0 saturated carbocycles. The summed E-state index contributed by atoms with van der Waals surface area (Å²) in [5.41, 5.74) is 3.29. The van der Waals surface area contributed by atoms with E-state index in [0.29, 0.717) is 31.2 Å². The summed E-state index contributed by atoms with van der Waals surface area (Å²) in [6, 6.07) is 13.6. The van der Waals surface area contributed by atoms with Gasteiger partial charge < -0.3 is 20.1 Å². The van der Waals surface area contributed by atoms with E-state index in [0.717, 1.165) is 12.3 Å². The van der Waals surface area contributed by atoms with Gasteiger partial charge in [0, 0.05) is 24.8 Å². The lowest BCUT2D eigenvalue weighted by atomic mass is 10.1. The van der Waals surface area contributed by atoms with Gasteiger partial charge in [0.15, 0.2) is 11.5 Å². The van der Waals surface area contributed by atoms with Crippen LogP contribution >= 0.6 is 0 Å². The normalized spacial score (nSPS) is 17.1. The Morgan fingerprint density at radius 3 is 2.55 bits per heavy atom. The summed E-state index contributed by atoms with van der Waals surface area (Å²) in [5, 5.41) is 6.32. The van der Waals surface area contributed by atoms with Crippen molar-refractivity contribution in [2.75, 3.05) is 31.6 Å². The van der Waals surface area contributed by atoms with Crippen LogP contribution in [0.25, 0.3) is 0 Å². The lowest BCUT2D eigenvalue weighted by molar-refractivity contribution is -0.117. The van der Waals surface area contributed by atoms with E-state index in [1.807, 2.05) is 25.1 Å². The van der Waals surface area contributed by atoms with Crippen molar-refractivity contribution < 1.29 is 14.3 Å². The van der Waals surface area contributed by atoms with Gasteiger partial charge in [0.25, 0.3) is 0 Å². The minimum absolute atomic E-state index is 0.0706. The number of likely N-dealkylation sites (tertiary alicyclic amines) is 1. The SMILES string of the molecule is C[C@H](NCc1ccccc1CN1CCCC1)C(=O)Nc1ccc2c(c1)OCCO2. The molecule has 1 saturated heterocycles. The van der Waals surface area contributed by atoms with Gasteiger partial charge in [-0.15, -0.1) is 0 Å². The average Bonchev–Trinajstić information content (AvgIpc) is 3.26. The number of carbonyl (C=O) groups excluding carboxylic acids is 1. The number of hydrogen-bond donors (Lipinski definition) is 2. The molecule has 29 heavy (non-hydrogen) atoms. The molecule has 0 aromatic heterocycles. The van der Waals surface area contributed by atoms with Crippen LogP contribution in [0.3, 0.4) is 0 Å². The van der Waals surface area contributed by atoms with Crippen LogP contribution in [0.15, 0.2) is 42.5 Å². The van der Waals surface area contributed by atoms with E-state index in [1.165, 1.54) is 37.1 Å². The van der Waals surface area contributed by atoms with Crippen molar-refractivity contribution in [3.8, 4) is 11.5 Å². The molecule has 154 valence electrons. The summed E-state index contributed by atoms with van der Waals surface area (Å²) in [7, 11) is 0. The van der Waals surface area contributed by atoms with Crippen LogP contribution in [0.1, 0.15) is 30.9 Å². The monoisotopic (exact) mass is 395 g/mol. The van der Waals surface area contributed by atoms with Crippen molar-refractivity contribution >= 4 is 11.6 Å². The van der Waals surface area contributed by atoms with Gasteiger partial charge in [-0.05, 0) is 56.1 Å². The van der Waals surface area contributed by atoms with Crippen molar-refractivity contribution in [2.24, 2.45) is 0 Å². The summed E-state index contributed by atoms with van der Waals surface area (Å²) in [4.78, 5) is 15.1. The highest BCUT2D eigenvalue weighted by Gasteiger charge is 2.17. The topological polar surface area (TPSA) is 62.8 Å². The standard InChI is InChI=1S/C23H29N3O3/c1-17(23(27)25-20-8-9-21-22(14-20)29-13-12-28-21)24-15-18-6-2-3-7-19(18)16-26-10-4-5-11-26/h2-3,6-9,14,17,24H,4-5,10-13,15-16H2,1H3,(H,25,27)/t17-/m0/s1. The fraction of sp³-hybridized carbons (Fsp3) is 0.435. The van der Waals surface area contributed by atoms with Crippen LogP contribution in [0.5, 0.6) is 11.5 Å². The number of amides is 1. The zero-order chi connectivity index (χ0) is 20.1. The molecule has 2 aromatic rings. The second-order valence-electron chi connectivity index (χ2n) is 7.70. The van der Waals surface area contributed by atoms with Crippen molar-refractivity contribution in [3.63, 3.8) is 0 Å². The van der Waals surface area contributed by atoms with Crippen molar-refractivity contribution in [2.45, 2.75) is 38.9 Å². The number of carbonyl (C=O) groups is 1. The van der Waals surface area contributed by atoms with E-state index < -0.39 is 0 Å². The van der Waals surface area contributed by atoms with Crippen LogP contribution in [0.4, 0.5) is 5.69 Å². The molecule has 1 fully saturated rings. The third-order valence-electron chi connectivity index (χ3n) is 5.51. The zero-order valence-corrected chi connectivity index (χ0v) is 16.9. The van der Waals surface area contributed by atoms with Crippen molar-refractivity contribution in [1.29, 1.82) is 0 Å². The number of anilines is 1. The highest BCUT2D eigenvalue weighted by atomic mass is 16.6. The Morgan fingerprint density at radius 1 is 1.03 bits per heavy atom. The number of nitrogens with one attached hydrogen (secondary N) is 2. The first-order valence-corrected chi connectivity index (χ1v) is 10.4. The Bertz CT molecular complexity index is 849. The maximum Gasteiger partial charge on any atom is 0.241 e. The third-order valence-corrected chi connectivity index (χ3v) is 5.51. The van der Waals surface area contributed by atoms with Crippen LogP contribution < -0.4 is 20.1 Å². The summed E-state index contributed by atoms with van der Waals surface area (Å²) >= 11 is 0. The second kappa shape index (κ2) is 9.29. The van der Waals surface area contributed by atoms with Gasteiger partial charge in [0.1, 0.15) is 13.2 Å². The van der Waals surface area contributed by atoms with Crippen LogP contribution in [0.2, 0.25) is 0 Å². The Balaban J connectivity index is 1.32. The van der Waals surface area contributed by atoms with E-state index in [-0.39, 0.29) is 11.9 Å². The molecule has 0 spiro atoms. The van der Waals surface area contributed by atoms with Crippen LogP contribution in [-0.4, -0.2) is 43.2 Å². The second-order valence-corrected chi connectivity index (χ2v) is 7.70. The van der Waals surface area contributed by atoms with Gasteiger partial charge in [-0.25, -0.2) is 0 Å². The summed E-state index contributed by atoms with van der Waals surface area (Å²) in [6.45, 7) is 6.97. The maximum absolute atomic E-state index is 12.6. The minimum atomic E-state index is -0.317. The summed E-state index contributed by atoms with van der Waals surface area (Å²) in [5.74, 6) is 1.32. The third kappa shape index (κ3) is 5.08. The van der Waals surface area contributed by atoms with Crippen molar-refractivity contribution in [1.82, 2.24) is 10.2 Å². The van der Waals surface area contributed by atoms with Gasteiger partial charge in [-0.2, -0.15) is 0 Å². The van der Waals surface area contributed by atoms with Crippen LogP contribution in [0, 0.1) is 0 Å². The maximum atomic E-state index is 12.6. The molecular weight excluding hydrogens is 366 g/mol. The summed E-state index contributed by atoms with van der Waals surface area (Å²) < 4.78 is 11.1. The van der Waals surface area contributed by atoms with Crippen molar-refractivity contribution in [3.05, 3.63) is 53.6 Å². The predicted octanol–water partition coefficient (Wildman–Crippen LogP) is 3.17. The Kier molecular flexibility index (Phi) is 6.32. The molecule has 0 radical (unpaired) electrons. The van der Waals surface area contributed by atoms with E-state index >= 15 is 0 Å². The average molecular weight is 396 g/mol. The fourth-order valence-corrected chi connectivity index (χ4v) is 3.79. The number of hydrogen-bond acceptors (Lipinski definition) is 5. The molecule has 1 amide bonds. The van der Waals surface area contributed by atoms with Gasteiger partial charge in [-0.1, -0.05) is 24.3 Å². The molecule has 2 aromatic carbocycles. The molecule has 6 nitrogen and oxygen atoms in total. The van der Waals surface area contributed by atoms with E-state index in [1.54, 1.807) is 0 Å². The number of nitrogens with zero attached hydrogens (tertiary/aromatic N) is 1. The van der Waals surface area contributed by atoms with Gasteiger partial charge in [0.05, 0.1) is 6.04 Å². The molecule has 4 rings (SSSR count). The largest absolute Gasteiger partial charge is 0.486 e. The molecule has 1 atom stereocenters.